The van der Waals surface area contributed by atoms with Crippen molar-refractivity contribution in [3.8, 4) is 0 Å². The average molecular weight is 312 g/mol. The summed E-state index contributed by atoms with van der Waals surface area (Å²) in [4.78, 5) is 24.7. The average Bonchev–Trinajstić information content (AvgIpc) is 2.90. The molecule has 6 heteroatoms. The molecule has 0 fully saturated rings. The predicted molar refractivity (Wildman–Crippen MR) is 84.3 cm³/mol. The van der Waals surface area contributed by atoms with Crippen LogP contribution in [-0.4, -0.2) is 35.6 Å². The van der Waals surface area contributed by atoms with Crippen LogP contribution in [-0.2, 0) is 4.79 Å². The highest BCUT2D eigenvalue weighted by Crippen LogP contribution is 2.21. The molecule has 1 aromatic heterocycles. The predicted octanol–water partition coefficient (Wildman–Crippen LogP) is 1.78. The molecule has 1 rings (SSSR count). The first-order valence-corrected chi connectivity index (χ1v) is 7.89. The fraction of sp³-hybridized carbons (Fsp3) is 0.600. The van der Waals surface area contributed by atoms with Crippen LogP contribution in [0, 0.1) is 5.41 Å². The summed E-state index contributed by atoms with van der Waals surface area (Å²) in [6.45, 7) is 7.67. The Morgan fingerprint density at radius 1 is 1.33 bits per heavy atom. The van der Waals surface area contributed by atoms with Crippen LogP contribution in [0.25, 0.3) is 0 Å². The highest BCUT2D eigenvalue weighted by atomic mass is 32.1. The molecule has 0 bridgehead atoms. The maximum atomic E-state index is 12.2. The second-order valence-corrected chi connectivity index (χ2v) is 7.06. The van der Waals surface area contributed by atoms with Crippen LogP contribution >= 0.6 is 11.3 Å². The highest BCUT2D eigenvalue weighted by molar-refractivity contribution is 7.12. The number of amides is 2. The molecule has 0 spiro atoms. The van der Waals surface area contributed by atoms with Gasteiger partial charge in [0.1, 0.15) is 6.04 Å². The van der Waals surface area contributed by atoms with Crippen molar-refractivity contribution < 1.29 is 14.7 Å². The second-order valence-electron chi connectivity index (χ2n) is 6.11. The van der Waals surface area contributed by atoms with E-state index in [9.17, 15) is 9.59 Å². The fourth-order valence-electron chi connectivity index (χ4n) is 1.89. The number of aliphatic hydroxyl groups is 1. The number of thiophene rings is 1. The molecule has 0 radical (unpaired) electrons. The summed E-state index contributed by atoms with van der Waals surface area (Å²) in [5.74, 6) is -0.490. The molecule has 5 nitrogen and oxygen atoms in total. The van der Waals surface area contributed by atoms with E-state index in [1.807, 2.05) is 26.2 Å². The van der Waals surface area contributed by atoms with Crippen LogP contribution in [0.15, 0.2) is 17.5 Å². The summed E-state index contributed by atoms with van der Waals surface area (Å²) in [6.07, 6.45) is 0.487. The summed E-state index contributed by atoms with van der Waals surface area (Å²) in [5.41, 5.74) is -0.157. The van der Waals surface area contributed by atoms with Crippen molar-refractivity contribution in [2.75, 3.05) is 6.61 Å². The molecular formula is C15H24N2O3S. The van der Waals surface area contributed by atoms with Gasteiger partial charge in [-0.2, -0.15) is 0 Å². The van der Waals surface area contributed by atoms with Crippen LogP contribution in [0.1, 0.15) is 43.8 Å². The number of aliphatic hydroxyl groups excluding tert-OH is 1. The van der Waals surface area contributed by atoms with Crippen LogP contribution in [0.4, 0.5) is 0 Å². The van der Waals surface area contributed by atoms with Gasteiger partial charge in [0, 0.05) is 12.6 Å². The third-order valence-corrected chi connectivity index (χ3v) is 4.13. The van der Waals surface area contributed by atoms with E-state index >= 15 is 0 Å². The zero-order valence-corrected chi connectivity index (χ0v) is 13.8. The third-order valence-electron chi connectivity index (χ3n) is 3.27. The molecule has 2 amide bonds. The summed E-state index contributed by atoms with van der Waals surface area (Å²) >= 11 is 1.33. The summed E-state index contributed by atoms with van der Waals surface area (Å²) in [6, 6.07) is 2.74. The first-order valence-electron chi connectivity index (χ1n) is 7.01. The van der Waals surface area contributed by atoms with Crippen molar-refractivity contribution in [3.05, 3.63) is 22.4 Å². The number of hydrogen-bond acceptors (Lipinski definition) is 4. The Bertz CT molecular complexity index is 466. The van der Waals surface area contributed by atoms with Gasteiger partial charge in [-0.1, -0.05) is 26.8 Å². The van der Waals surface area contributed by atoms with Gasteiger partial charge in [0.05, 0.1) is 4.88 Å². The fourth-order valence-corrected chi connectivity index (χ4v) is 2.52. The molecule has 0 aliphatic rings. The summed E-state index contributed by atoms with van der Waals surface area (Å²) < 4.78 is 0. The van der Waals surface area contributed by atoms with Gasteiger partial charge in [-0.25, -0.2) is 0 Å². The summed E-state index contributed by atoms with van der Waals surface area (Å²) in [5, 5.41) is 16.5. The zero-order valence-electron chi connectivity index (χ0n) is 13.0. The first kappa shape index (κ1) is 17.7. The Morgan fingerprint density at radius 2 is 2.00 bits per heavy atom. The van der Waals surface area contributed by atoms with E-state index in [4.69, 9.17) is 5.11 Å². The molecule has 0 aromatic carbocycles. The molecule has 0 saturated carbocycles. The number of rotatable bonds is 6. The molecule has 118 valence electrons. The number of carbonyl (C=O) groups excluding carboxylic acids is 2. The van der Waals surface area contributed by atoms with E-state index in [0.717, 1.165) is 0 Å². The largest absolute Gasteiger partial charge is 0.396 e. The van der Waals surface area contributed by atoms with Gasteiger partial charge in [0.15, 0.2) is 0 Å². The molecule has 2 atom stereocenters. The molecule has 2 unspecified atom stereocenters. The van der Waals surface area contributed by atoms with Gasteiger partial charge in [-0.3, -0.25) is 9.59 Å². The lowest BCUT2D eigenvalue weighted by Gasteiger charge is -2.32. The lowest BCUT2D eigenvalue weighted by atomic mass is 9.85. The lowest BCUT2D eigenvalue weighted by Crippen LogP contribution is -2.51. The molecule has 0 aliphatic heterocycles. The van der Waals surface area contributed by atoms with E-state index in [-0.39, 0.29) is 29.9 Å². The minimum atomic E-state index is -0.622. The Labute approximate surface area is 129 Å². The van der Waals surface area contributed by atoms with Gasteiger partial charge < -0.3 is 15.7 Å². The van der Waals surface area contributed by atoms with Gasteiger partial charge in [0.25, 0.3) is 5.91 Å². The van der Waals surface area contributed by atoms with Crippen molar-refractivity contribution in [1.29, 1.82) is 0 Å². The van der Waals surface area contributed by atoms with Crippen molar-refractivity contribution in [1.82, 2.24) is 10.6 Å². The number of carbonyl (C=O) groups is 2. The van der Waals surface area contributed by atoms with Crippen molar-refractivity contribution in [2.24, 2.45) is 5.41 Å². The Kier molecular flexibility index (Phi) is 6.36. The standard InChI is InChI=1S/C15H24N2O3S/c1-10(16-14(20)11-6-5-9-21-11)13(19)17-12(7-8-18)15(2,3)4/h5-6,9-10,12,18H,7-8H2,1-4H3,(H,16,20)(H,17,19). The smallest absolute Gasteiger partial charge is 0.261 e. The van der Waals surface area contributed by atoms with E-state index in [2.05, 4.69) is 10.6 Å². The molecule has 3 N–H and O–H groups in total. The van der Waals surface area contributed by atoms with Crippen LogP contribution in [0.3, 0.4) is 0 Å². The minimum absolute atomic E-state index is 0.0121. The van der Waals surface area contributed by atoms with Crippen molar-refractivity contribution in [3.63, 3.8) is 0 Å². The monoisotopic (exact) mass is 312 g/mol. The highest BCUT2D eigenvalue weighted by Gasteiger charge is 2.27. The molecule has 1 aromatic rings. The molecule has 21 heavy (non-hydrogen) atoms. The Balaban J connectivity index is 2.59. The topological polar surface area (TPSA) is 78.4 Å². The molecular weight excluding hydrogens is 288 g/mol. The van der Waals surface area contributed by atoms with Gasteiger partial charge in [-0.05, 0) is 30.2 Å². The lowest BCUT2D eigenvalue weighted by molar-refractivity contribution is -0.124. The third kappa shape index (κ3) is 5.47. The second kappa shape index (κ2) is 7.56. The number of hydrogen-bond donors (Lipinski definition) is 3. The number of nitrogens with one attached hydrogen (secondary N) is 2. The molecule has 0 aliphatic carbocycles. The van der Waals surface area contributed by atoms with E-state index < -0.39 is 6.04 Å². The van der Waals surface area contributed by atoms with E-state index in [1.165, 1.54) is 11.3 Å². The van der Waals surface area contributed by atoms with Gasteiger partial charge >= 0.3 is 0 Å². The Morgan fingerprint density at radius 3 is 2.48 bits per heavy atom. The Hall–Kier alpha value is -1.40. The normalized spacial score (nSPS) is 14.3. The molecule has 1 heterocycles. The SMILES string of the molecule is CC(NC(=O)c1cccs1)C(=O)NC(CCO)C(C)(C)C. The van der Waals surface area contributed by atoms with Crippen LogP contribution in [0.5, 0.6) is 0 Å². The first-order chi connectivity index (χ1) is 9.75. The maximum absolute atomic E-state index is 12.2. The minimum Gasteiger partial charge on any atom is -0.396 e. The quantitative estimate of drug-likeness (QED) is 0.749. The van der Waals surface area contributed by atoms with Crippen molar-refractivity contribution >= 4 is 23.2 Å². The van der Waals surface area contributed by atoms with Gasteiger partial charge in [0.2, 0.25) is 5.91 Å². The maximum Gasteiger partial charge on any atom is 0.261 e. The summed E-state index contributed by atoms with van der Waals surface area (Å²) in [7, 11) is 0. The van der Waals surface area contributed by atoms with Crippen LogP contribution in [0.2, 0.25) is 0 Å². The van der Waals surface area contributed by atoms with Crippen LogP contribution < -0.4 is 10.6 Å². The van der Waals surface area contributed by atoms with Crippen molar-refractivity contribution in [2.45, 2.75) is 46.2 Å². The molecule has 0 saturated heterocycles. The zero-order chi connectivity index (χ0) is 16.0. The van der Waals surface area contributed by atoms with E-state index in [0.29, 0.717) is 11.3 Å². The van der Waals surface area contributed by atoms with E-state index in [1.54, 1.807) is 19.1 Å². The van der Waals surface area contributed by atoms with Gasteiger partial charge in [-0.15, -0.1) is 11.3 Å².